The molecule has 17 heavy (non-hydrogen) atoms. The van der Waals surface area contributed by atoms with E-state index >= 15 is 0 Å². The fraction of sp³-hybridized carbons (Fsp3) is 0.733. The van der Waals surface area contributed by atoms with E-state index < -0.39 is 8.32 Å². The van der Waals surface area contributed by atoms with E-state index in [0.29, 0.717) is 6.42 Å². The van der Waals surface area contributed by atoms with Crippen LogP contribution in [0.4, 0.5) is 0 Å². The van der Waals surface area contributed by atoms with E-state index in [9.17, 15) is 0 Å². The van der Waals surface area contributed by atoms with E-state index in [-0.39, 0.29) is 11.1 Å². The highest BCUT2D eigenvalue weighted by Gasteiger charge is 2.38. The van der Waals surface area contributed by atoms with Gasteiger partial charge in [0.05, 0.1) is 6.10 Å². The van der Waals surface area contributed by atoms with Crippen molar-refractivity contribution in [3.8, 4) is 12.3 Å². The summed E-state index contributed by atoms with van der Waals surface area (Å²) in [5.41, 5.74) is 1.20. The molecule has 0 fully saturated rings. The van der Waals surface area contributed by atoms with Gasteiger partial charge in [-0.3, -0.25) is 0 Å². The molecule has 0 N–H and O–H groups in total. The van der Waals surface area contributed by atoms with Crippen LogP contribution < -0.4 is 0 Å². The molecular formula is C15H28OSi. The van der Waals surface area contributed by atoms with Gasteiger partial charge in [0.25, 0.3) is 0 Å². The van der Waals surface area contributed by atoms with Crippen LogP contribution in [-0.2, 0) is 4.43 Å². The van der Waals surface area contributed by atoms with Crippen molar-refractivity contribution in [2.24, 2.45) is 0 Å². The SMILES string of the molecule is C#CC[C@@H](CCC(=C)C)O[Si](C)(C)C(C)(C)C. The third kappa shape index (κ3) is 6.09. The summed E-state index contributed by atoms with van der Waals surface area (Å²) in [5, 5.41) is 0.239. The Hall–Kier alpha value is -0.523. The Morgan fingerprint density at radius 2 is 1.94 bits per heavy atom. The van der Waals surface area contributed by atoms with Crippen molar-refractivity contribution in [1.82, 2.24) is 0 Å². The number of allylic oxidation sites excluding steroid dienone is 1. The molecule has 0 radical (unpaired) electrons. The van der Waals surface area contributed by atoms with Crippen LogP contribution in [-0.4, -0.2) is 14.4 Å². The molecule has 0 bridgehead atoms. The highest BCUT2D eigenvalue weighted by Crippen LogP contribution is 2.38. The molecule has 0 unspecified atom stereocenters. The molecule has 0 amide bonds. The zero-order chi connectivity index (χ0) is 13.7. The van der Waals surface area contributed by atoms with E-state index in [1.54, 1.807) is 0 Å². The highest BCUT2D eigenvalue weighted by molar-refractivity contribution is 6.74. The lowest BCUT2D eigenvalue weighted by Crippen LogP contribution is -2.43. The normalized spacial score (nSPS) is 14.2. The Labute approximate surface area is 109 Å². The number of terminal acetylenes is 1. The topological polar surface area (TPSA) is 9.23 Å². The maximum absolute atomic E-state index is 6.35. The molecule has 98 valence electrons. The zero-order valence-corrected chi connectivity index (χ0v) is 13.4. The summed E-state index contributed by atoms with van der Waals surface area (Å²) in [4.78, 5) is 0. The molecule has 0 aliphatic rings. The van der Waals surface area contributed by atoms with Gasteiger partial charge in [-0.05, 0) is 37.9 Å². The van der Waals surface area contributed by atoms with Gasteiger partial charge in [-0.2, -0.15) is 0 Å². The first kappa shape index (κ1) is 16.5. The van der Waals surface area contributed by atoms with Crippen LogP contribution in [0.5, 0.6) is 0 Å². The van der Waals surface area contributed by atoms with Gasteiger partial charge in [-0.1, -0.05) is 26.3 Å². The second-order valence-electron chi connectivity index (χ2n) is 6.40. The minimum atomic E-state index is -1.70. The van der Waals surface area contributed by atoms with E-state index in [0.717, 1.165) is 12.8 Å². The lowest BCUT2D eigenvalue weighted by molar-refractivity contribution is 0.176. The average molecular weight is 252 g/mol. The fourth-order valence-electron chi connectivity index (χ4n) is 1.33. The minimum absolute atomic E-state index is 0.192. The lowest BCUT2D eigenvalue weighted by atomic mass is 10.1. The molecule has 2 heteroatoms. The number of hydrogen-bond donors (Lipinski definition) is 0. The minimum Gasteiger partial charge on any atom is -0.413 e. The molecule has 0 aliphatic carbocycles. The summed E-state index contributed by atoms with van der Waals surface area (Å²) in [7, 11) is -1.70. The Balaban J connectivity index is 4.54. The van der Waals surface area contributed by atoms with Gasteiger partial charge in [0.1, 0.15) is 0 Å². The van der Waals surface area contributed by atoms with Crippen LogP contribution in [0.2, 0.25) is 18.1 Å². The van der Waals surface area contributed by atoms with Gasteiger partial charge in [0.2, 0.25) is 0 Å². The van der Waals surface area contributed by atoms with Crippen LogP contribution in [0.15, 0.2) is 12.2 Å². The van der Waals surface area contributed by atoms with Crippen LogP contribution in [0.1, 0.15) is 47.0 Å². The summed E-state index contributed by atoms with van der Waals surface area (Å²) in [6, 6.07) is 0. The smallest absolute Gasteiger partial charge is 0.192 e. The van der Waals surface area contributed by atoms with E-state index in [1.807, 2.05) is 0 Å². The summed E-state index contributed by atoms with van der Waals surface area (Å²) in [6.45, 7) is 17.3. The molecule has 0 aromatic heterocycles. The Bertz CT molecular complexity index is 291. The maximum Gasteiger partial charge on any atom is 0.192 e. The van der Waals surface area contributed by atoms with Crippen molar-refractivity contribution >= 4 is 8.32 Å². The van der Waals surface area contributed by atoms with Gasteiger partial charge in [-0.25, -0.2) is 0 Å². The van der Waals surface area contributed by atoms with Crippen molar-refractivity contribution < 1.29 is 4.43 Å². The third-order valence-corrected chi connectivity index (χ3v) is 8.04. The zero-order valence-electron chi connectivity index (χ0n) is 12.4. The van der Waals surface area contributed by atoms with Gasteiger partial charge in [0.15, 0.2) is 8.32 Å². The molecule has 0 aliphatic heterocycles. The van der Waals surface area contributed by atoms with Crippen LogP contribution in [0.3, 0.4) is 0 Å². The summed E-state index contributed by atoms with van der Waals surface area (Å²) in [5.74, 6) is 2.73. The summed E-state index contributed by atoms with van der Waals surface area (Å²) >= 11 is 0. The van der Waals surface area contributed by atoms with Gasteiger partial charge in [0, 0.05) is 6.42 Å². The van der Waals surface area contributed by atoms with Crippen molar-refractivity contribution in [3.63, 3.8) is 0 Å². The fourth-order valence-corrected chi connectivity index (χ4v) is 2.72. The van der Waals surface area contributed by atoms with E-state index in [4.69, 9.17) is 10.8 Å². The molecule has 0 aromatic carbocycles. The average Bonchev–Trinajstić information content (AvgIpc) is 2.12. The molecule has 1 atom stereocenters. The third-order valence-electron chi connectivity index (χ3n) is 3.51. The Morgan fingerprint density at radius 3 is 2.29 bits per heavy atom. The quantitative estimate of drug-likeness (QED) is 0.376. The highest BCUT2D eigenvalue weighted by atomic mass is 28.4. The molecule has 0 heterocycles. The summed E-state index contributed by atoms with van der Waals surface area (Å²) < 4.78 is 6.35. The molecule has 1 nitrogen and oxygen atoms in total. The molecule has 0 saturated heterocycles. The van der Waals surface area contributed by atoms with Crippen molar-refractivity contribution in [2.45, 2.75) is 71.2 Å². The monoisotopic (exact) mass is 252 g/mol. The van der Waals surface area contributed by atoms with Gasteiger partial charge in [-0.15, -0.1) is 18.9 Å². The van der Waals surface area contributed by atoms with Gasteiger partial charge >= 0.3 is 0 Å². The first-order valence-electron chi connectivity index (χ1n) is 6.36. The largest absolute Gasteiger partial charge is 0.413 e. The Morgan fingerprint density at radius 1 is 1.41 bits per heavy atom. The second kappa shape index (κ2) is 6.42. The van der Waals surface area contributed by atoms with E-state index in [2.05, 4.69) is 53.3 Å². The first-order valence-corrected chi connectivity index (χ1v) is 9.26. The summed E-state index contributed by atoms with van der Waals surface area (Å²) in [6.07, 6.45) is 8.32. The first-order chi connectivity index (χ1) is 7.60. The molecule has 0 aromatic rings. The van der Waals surface area contributed by atoms with E-state index in [1.165, 1.54) is 5.57 Å². The molecular weight excluding hydrogens is 224 g/mol. The molecule has 0 spiro atoms. The van der Waals surface area contributed by atoms with Crippen LogP contribution in [0, 0.1) is 12.3 Å². The van der Waals surface area contributed by atoms with Gasteiger partial charge < -0.3 is 4.43 Å². The standard InChI is InChI=1S/C15H28OSi/c1-9-10-14(12-11-13(2)3)16-17(7,8)15(4,5)6/h1,14H,2,10-12H2,3-8H3/t14-/m0/s1. The molecule has 0 rings (SSSR count). The lowest BCUT2D eigenvalue weighted by Gasteiger charge is -2.39. The number of hydrogen-bond acceptors (Lipinski definition) is 1. The van der Waals surface area contributed by atoms with Crippen molar-refractivity contribution in [1.29, 1.82) is 0 Å². The van der Waals surface area contributed by atoms with Crippen LogP contribution >= 0.6 is 0 Å². The molecule has 0 saturated carbocycles. The predicted molar refractivity (Wildman–Crippen MR) is 79.6 cm³/mol. The predicted octanol–water partition coefficient (Wildman–Crippen LogP) is 4.76. The van der Waals surface area contributed by atoms with Crippen LogP contribution in [0.25, 0.3) is 0 Å². The van der Waals surface area contributed by atoms with Crippen molar-refractivity contribution in [2.75, 3.05) is 0 Å². The van der Waals surface area contributed by atoms with Crippen molar-refractivity contribution in [3.05, 3.63) is 12.2 Å². The maximum atomic E-state index is 6.35. The number of rotatable bonds is 6. The Kier molecular flexibility index (Phi) is 6.22. The second-order valence-corrected chi connectivity index (χ2v) is 11.2.